The molecule has 1 N–H and O–H groups in total. The smallest absolute Gasteiger partial charge is 0.0333 e. The summed E-state index contributed by atoms with van der Waals surface area (Å²) in [5.74, 6) is 0. The van der Waals surface area contributed by atoms with Gasteiger partial charge in [-0.3, -0.25) is 0 Å². The Morgan fingerprint density at radius 2 is 1.27 bits per heavy atom. The molecule has 0 heterocycles. The summed E-state index contributed by atoms with van der Waals surface area (Å²) >= 11 is 0. The highest BCUT2D eigenvalue weighted by molar-refractivity contribution is 5.19. The topological polar surface area (TPSA) is 12.0 Å². The zero-order valence-corrected chi connectivity index (χ0v) is 15.6. The van der Waals surface area contributed by atoms with Gasteiger partial charge < -0.3 is 5.32 Å². The number of hydrogen-bond acceptors (Lipinski definition) is 1. The average Bonchev–Trinajstić information content (AvgIpc) is 2.37. The van der Waals surface area contributed by atoms with Gasteiger partial charge in [0.25, 0.3) is 0 Å². The van der Waals surface area contributed by atoms with Crippen LogP contribution in [0.25, 0.3) is 0 Å². The fraction of sp³-hybridized carbons (Fsp3) is 0.524. The van der Waals surface area contributed by atoms with E-state index in [1.807, 2.05) is 0 Å². The standard InChI is InChI=1S/C21H35N/c1-17(2)10-8-12-19(5)14-15-22-21(7)16-20(6)13-9-11-18(3)4/h10-11,14,16,22H,7-9,12-13,15H2,1-6H3/b19-14-,20-16-. The van der Waals surface area contributed by atoms with Crippen LogP contribution in [0.15, 0.2) is 58.9 Å². The van der Waals surface area contributed by atoms with Crippen LogP contribution < -0.4 is 5.32 Å². The molecule has 1 heteroatoms. The molecule has 0 unspecified atom stereocenters. The van der Waals surface area contributed by atoms with Gasteiger partial charge in [-0.15, -0.1) is 0 Å². The maximum Gasteiger partial charge on any atom is 0.0333 e. The van der Waals surface area contributed by atoms with Crippen LogP contribution in [0.2, 0.25) is 0 Å². The Hall–Kier alpha value is -1.50. The summed E-state index contributed by atoms with van der Waals surface area (Å²) < 4.78 is 0. The van der Waals surface area contributed by atoms with Gasteiger partial charge in [0.1, 0.15) is 0 Å². The van der Waals surface area contributed by atoms with Crippen LogP contribution in [-0.4, -0.2) is 6.54 Å². The van der Waals surface area contributed by atoms with Gasteiger partial charge in [-0.2, -0.15) is 0 Å². The van der Waals surface area contributed by atoms with Gasteiger partial charge in [-0.25, -0.2) is 0 Å². The summed E-state index contributed by atoms with van der Waals surface area (Å²) in [7, 11) is 0. The minimum absolute atomic E-state index is 0.858. The first kappa shape index (κ1) is 20.5. The molecule has 0 aliphatic rings. The molecule has 0 amide bonds. The molecular weight excluding hydrogens is 266 g/mol. The molecule has 0 aromatic heterocycles. The van der Waals surface area contributed by atoms with E-state index in [-0.39, 0.29) is 0 Å². The lowest BCUT2D eigenvalue weighted by Crippen LogP contribution is -2.11. The van der Waals surface area contributed by atoms with Gasteiger partial charge in [-0.05, 0) is 73.3 Å². The lowest BCUT2D eigenvalue weighted by Gasteiger charge is -2.06. The fourth-order valence-electron chi connectivity index (χ4n) is 2.06. The third-order valence-corrected chi connectivity index (χ3v) is 3.38. The van der Waals surface area contributed by atoms with E-state index >= 15 is 0 Å². The molecule has 1 nitrogen and oxygen atoms in total. The monoisotopic (exact) mass is 301 g/mol. The van der Waals surface area contributed by atoms with Gasteiger partial charge in [0, 0.05) is 12.2 Å². The Labute approximate surface area is 138 Å². The number of allylic oxidation sites excluding steroid dienone is 7. The Morgan fingerprint density at radius 1 is 0.773 bits per heavy atom. The van der Waals surface area contributed by atoms with Crippen molar-refractivity contribution in [3.05, 3.63) is 58.9 Å². The van der Waals surface area contributed by atoms with Gasteiger partial charge in [0.2, 0.25) is 0 Å². The molecule has 0 rings (SSSR count). The molecule has 0 bridgehead atoms. The molecule has 0 atom stereocenters. The van der Waals surface area contributed by atoms with Gasteiger partial charge in [0.05, 0.1) is 0 Å². The van der Waals surface area contributed by atoms with Crippen molar-refractivity contribution in [2.45, 2.75) is 67.2 Å². The average molecular weight is 302 g/mol. The lowest BCUT2D eigenvalue weighted by atomic mass is 10.1. The van der Waals surface area contributed by atoms with E-state index in [0.717, 1.165) is 37.9 Å². The van der Waals surface area contributed by atoms with E-state index in [0.29, 0.717) is 0 Å². The van der Waals surface area contributed by atoms with Crippen molar-refractivity contribution in [3.8, 4) is 0 Å². The summed E-state index contributed by atoms with van der Waals surface area (Å²) in [6.45, 7) is 17.9. The zero-order valence-electron chi connectivity index (χ0n) is 15.6. The second-order valence-electron chi connectivity index (χ2n) is 6.59. The predicted molar refractivity (Wildman–Crippen MR) is 102 cm³/mol. The SMILES string of the molecule is C=C(/C=C(/C)CCC=C(C)C)NC/C=C(/C)CCC=C(C)C. The van der Waals surface area contributed by atoms with Gasteiger partial charge in [0.15, 0.2) is 0 Å². The van der Waals surface area contributed by atoms with Crippen LogP contribution in [0.1, 0.15) is 67.2 Å². The van der Waals surface area contributed by atoms with Crippen LogP contribution in [0.3, 0.4) is 0 Å². The molecule has 0 radical (unpaired) electrons. The number of hydrogen-bond donors (Lipinski definition) is 1. The van der Waals surface area contributed by atoms with E-state index in [2.05, 4.69) is 77.7 Å². The first-order chi connectivity index (χ1) is 10.3. The van der Waals surface area contributed by atoms with Crippen LogP contribution >= 0.6 is 0 Å². The summed E-state index contributed by atoms with van der Waals surface area (Å²) in [4.78, 5) is 0. The third kappa shape index (κ3) is 13.5. The van der Waals surface area contributed by atoms with Gasteiger partial charge in [-0.1, -0.05) is 47.1 Å². The minimum Gasteiger partial charge on any atom is -0.382 e. The largest absolute Gasteiger partial charge is 0.382 e. The Kier molecular flexibility index (Phi) is 11.3. The van der Waals surface area contributed by atoms with Gasteiger partial charge >= 0.3 is 0 Å². The van der Waals surface area contributed by atoms with Crippen molar-refractivity contribution in [2.75, 3.05) is 6.54 Å². The predicted octanol–water partition coefficient (Wildman–Crippen LogP) is 6.48. The lowest BCUT2D eigenvalue weighted by molar-refractivity contribution is 0.894. The molecule has 0 aliphatic carbocycles. The van der Waals surface area contributed by atoms with Crippen molar-refractivity contribution in [3.63, 3.8) is 0 Å². The quantitative estimate of drug-likeness (QED) is 0.360. The highest BCUT2D eigenvalue weighted by Crippen LogP contribution is 2.09. The molecule has 0 aromatic rings. The molecule has 0 saturated carbocycles. The number of nitrogens with one attached hydrogen (secondary N) is 1. The fourth-order valence-corrected chi connectivity index (χ4v) is 2.06. The van der Waals surface area contributed by atoms with Crippen molar-refractivity contribution in [1.82, 2.24) is 5.32 Å². The normalized spacial score (nSPS) is 11.9. The molecule has 0 spiro atoms. The molecule has 0 aliphatic heterocycles. The maximum atomic E-state index is 4.08. The Balaban J connectivity index is 4.06. The van der Waals surface area contributed by atoms with E-state index < -0.39 is 0 Å². The number of rotatable bonds is 10. The van der Waals surface area contributed by atoms with Crippen molar-refractivity contribution in [2.24, 2.45) is 0 Å². The zero-order chi connectivity index (χ0) is 17.0. The Bertz CT molecular complexity index is 450. The molecular formula is C21H35N. The second kappa shape index (κ2) is 12.1. The molecule has 22 heavy (non-hydrogen) atoms. The Morgan fingerprint density at radius 3 is 1.77 bits per heavy atom. The molecule has 0 aromatic carbocycles. The molecule has 0 saturated heterocycles. The first-order valence-corrected chi connectivity index (χ1v) is 8.33. The van der Waals surface area contributed by atoms with E-state index in [9.17, 15) is 0 Å². The van der Waals surface area contributed by atoms with Crippen LogP contribution in [0.4, 0.5) is 0 Å². The van der Waals surface area contributed by atoms with Crippen molar-refractivity contribution < 1.29 is 0 Å². The minimum atomic E-state index is 0.858. The van der Waals surface area contributed by atoms with E-state index in [1.165, 1.54) is 22.3 Å². The van der Waals surface area contributed by atoms with Crippen molar-refractivity contribution >= 4 is 0 Å². The van der Waals surface area contributed by atoms with E-state index in [4.69, 9.17) is 0 Å². The highest BCUT2D eigenvalue weighted by Gasteiger charge is 1.93. The highest BCUT2D eigenvalue weighted by atomic mass is 14.9. The summed E-state index contributed by atoms with van der Waals surface area (Å²) in [5.41, 5.74) is 6.59. The summed E-state index contributed by atoms with van der Waals surface area (Å²) in [5, 5.41) is 3.36. The maximum absolute atomic E-state index is 4.08. The van der Waals surface area contributed by atoms with E-state index in [1.54, 1.807) is 0 Å². The van der Waals surface area contributed by atoms with Crippen LogP contribution in [-0.2, 0) is 0 Å². The summed E-state index contributed by atoms with van der Waals surface area (Å²) in [6.07, 6.45) is 13.5. The molecule has 124 valence electrons. The van der Waals surface area contributed by atoms with Crippen molar-refractivity contribution in [1.29, 1.82) is 0 Å². The molecule has 0 fully saturated rings. The first-order valence-electron chi connectivity index (χ1n) is 8.33. The third-order valence-electron chi connectivity index (χ3n) is 3.38. The second-order valence-corrected chi connectivity index (χ2v) is 6.59. The van der Waals surface area contributed by atoms with Crippen LogP contribution in [0, 0.1) is 0 Å². The summed E-state index contributed by atoms with van der Waals surface area (Å²) in [6, 6.07) is 0. The van der Waals surface area contributed by atoms with Crippen LogP contribution in [0.5, 0.6) is 0 Å².